The third-order valence-corrected chi connectivity index (χ3v) is 3.90. The van der Waals surface area contributed by atoms with Gasteiger partial charge in [0.25, 0.3) is 0 Å². The van der Waals surface area contributed by atoms with Gasteiger partial charge in [0, 0.05) is 19.1 Å². The quantitative estimate of drug-likeness (QED) is 0.814. The molecule has 1 saturated heterocycles. The van der Waals surface area contributed by atoms with Crippen LogP contribution < -0.4 is 11.1 Å². The van der Waals surface area contributed by atoms with E-state index >= 15 is 0 Å². The molecule has 1 fully saturated rings. The number of carbonyl (C=O) groups excluding carboxylic acids is 1. The van der Waals surface area contributed by atoms with Crippen LogP contribution in [0.25, 0.3) is 0 Å². The van der Waals surface area contributed by atoms with Crippen LogP contribution in [0.4, 0.5) is 0 Å². The summed E-state index contributed by atoms with van der Waals surface area (Å²) in [5.41, 5.74) is 6.02. The van der Waals surface area contributed by atoms with Crippen LogP contribution >= 0.6 is 0 Å². The van der Waals surface area contributed by atoms with Gasteiger partial charge in [-0.15, -0.1) is 0 Å². The third kappa shape index (κ3) is 5.41. The molecular formula is C16H32N2O2. The van der Waals surface area contributed by atoms with Gasteiger partial charge in [-0.05, 0) is 30.6 Å². The van der Waals surface area contributed by atoms with E-state index in [0.29, 0.717) is 18.4 Å². The summed E-state index contributed by atoms with van der Waals surface area (Å²) in [5, 5.41) is 3.02. The number of nitrogens with two attached hydrogens (primary N) is 1. The Labute approximate surface area is 123 Å². The monoisotopic (exact) mass is 284 g/mol. The van der Waals surface area contributed by atoms with Crippen LogP contribution in [0.2, 0.25) is 0 Å². The molecule has 1 heterocycles. The summed E-state index contributed by atoms with van der Waals surface area (Å²) in [7, 11) is 0. The highest BCUT2D eigenvalue weighted by atomic mass is 16.5. The van der Waals surface area contributed by atoms with Crippen molar-refractivity contribution >= 4 is 5.91 Å². The molecule has 3 atom stereocenters. The van der Waals surface area contributed by atoms with E-state index in [1.807, 2.05) is 0 Å². The van der Waals surface area contributed by atoms with E-state index in [-0.39, 0.29) is 17.4 Å². The second-order valence-electron chi connectivity index (χ2n) is 7.54. The lowest BCUT2D eigenvalue weighted by Gasteiger charge is -2.40. The van der Waals surface area contributed by atoms with Crippen LogP contribution in [-0.4, -0.2) is 31.2 Å². The van der Waals surface area contributed by atoms with E-state index in [1.165, 1.54) is 0 Å². The second-order valence-corrected chi connectivity index (χ2v) is 7.54. The standard InChI is InChI=1S/C16H32N2O2/c1-11(2)9-13(17)15(19)18-10-12-7-6-8-20-14(12)16(3,4)5/h11-14H,6-10,17H2,1-5H3,(H,18,19)/t12?,13-,14?/m0/s1. The molecule has 3 N–H and O–H groups in total. The molecule has 0 saturated carbocycles. The lowest BCUT2D eigenvalue weighted by Crippen LogP contribution is -2.48. The van der Waals surface area contributed by atoms with Gasteiger partial charge in [-0.25, -0.2) is 0 Å². The fourth-order valence-corrected chi connectivity index (χ4v) is 2.99. The SMILES string of the molecule is CC(C)C[C@H](N)C(=O)NCC1CCCOC1C(C)(C)C. The topological polar surface area (TPSA) is 64.4 Å². The maximum Gasteiger partial charge on any atom is 0.236 e. The number of rotatable bonds is 5. The maximum atomic E-state index is 12.0. The van der Waals surface area contributed by atoms with Crippen LogP contribution in [0, 0.1) is 17.3 Å². The van der Waals surface area contributed by atoms with Gasteiger partial charge < -0.3 is 15.8 Å². The Kier molecular flexibility index (Phi) is 6.46. The number of nitrogens with one attached hydrogen (secondary N) is 1. The second kappa shape index (κ2) is 7.41. The molecule has 4 nitrogen and oxygen atoms in total. The smallest absolute Gasteiger partial charge is 0.236 e. The molecule has 0 spiro atoms. The van der Waals surface area contributed by atoms with Crippen LogP contribution in [0.1, 0.15) is 53.9 Å². The van der Waals surface area contributed by atoms with Gasteiger partial charge in [-0.2, -0.15) is 0 Å². The highest BCUT2D eigenvalue weighted by Gasteiger charge is 2.35. The molecule has 0 radical (unpaired) electrons. The number of amides is 1. The molecular weight excluding hydrogens is 252 g/mol. The first-order valence-electron chi connectivity index (χ1n) is 7.86. The van der Waals surface area contributed by atoms with Crippen LogP contribution in [0.15, 0.2) is 0 Å². The van der Waals surface area contributed by atoms with Crippen LogP contribution in [-0.2, 0) is 9.53 Å². The van der Waals surface area contributed by atoms with Crippen molar-refractivity contribution < 1.29 is 9.53 Å². The van der Waals surface area contributed by atoms with E-state index in [4.69, 9.17) is 10.5 Å². The predicted octanol–water partition coefficient (Wildman–Crippen LogP) is 2.32. The summed E-state index contributed by atoms with van der Waals surface area (Å²) in [6.07, 6.45) is 3.13. The summed E-state index contributed by atoms with van der Waals surface area (Å²) >= 11 is 0. The first kappa shape index (κ1) is 17.4. The average Bonchev–Trinajstić information content (AvgIpc) is 2.34. The van der Waals surface area contributed by atoms with Gasteiger partial charge in [0.15, 0.2) is 0 Å². The Balaban J connectivity index is 2.48. The Morgan fingerprint density at radius 1 is 1.40 bits per heavy atom. The zero-order chi connectivity index (χ0) is 15.3. The van der Waals surface area contributed by atoms with Crippen molar-refractivity contribution in [1.82, 2.24) is 5.32 Å². The van der Waals surface area contributed by atoms with Crippen molar-refractivity contribution in [2.45, 2.75) is 66.0 Å². The highest BCUT2D eigenvalue weighted by Crippen LogP contribution is 2.33. The zero-order valence-electron chi connectivity index (χ0n) is 13.7. The summed E-state index contributed by atoms with van der Waals surface area (Å²) < 4.78 is 5.93. The summed E-state index contributed by atoms with van der Waals surface area (Å²) in [4.78, 5) is 12.0. The number of ether oxygens (including phenoxy) is 1. The largest absolute Gasteiger partial charge is 0.377 e. The number of hydrogen-bond donors (Lipinski definition) is 2. The predicted molar refractivity (Wildman–Crippen MR) is 82.4 cm³/mol. The summed E-state index contributed by atoms with van der Waals surface area (Å²) in [5.74, 6) is 0.798. The first-order valence-corrected chi connectivity index (χ1v) is 7.86. The molecule has 0 aromatic heterocycles. The van der Waals surface area contributed by atoms with Crippen LogP contribution in [0.3, 0.4) is 0 Å². The normalized spacial score (nSPS) is 25.6. The number of hydrogen-bond acceptors (Lipinski definition) is 3. The zero-order valence-corrected chi connectivity index (χ0v) is 13.7. The van der Waals surface area contributed by atoms with E-state index in [2.05, 4.69) is 39.9 Å². The van der Waals surface area contributed by atoms with Gasteiger partial charge >= 0.3 is 0 Å². The average molecular weight is 284 g/mol. The van der Waals surface area contributed by atoms with Gasteiger partial charge in [-0.3, -0.25) is 4.79 Å². The molecule has 118 valence electrons. The molecule has 0 bridgehead atoms. The van der Waals surface area contributed by atoms with Crippen LogP contribution in [0.5, 0.6) is 0 Å². The minimum Gasteiger partial charge on any atom is -0.377 e. The Morgan fingerprint density at radius 3 is 2.60 bits per heavy atom. The van der Waals surface area contributed by atoms with Crippen molar-refractivity contribution in [1.29, 1.82) is 0 Å². The lowest BCUT2D eigenvalue weighted by molar-refractivity contribution is -0.124. The Hall–Kier alpha value is -0.610. The van der Waals surface area contributed by atoms with E-state index in [0.717, 1.165) is 25.9 Å². The fourth-order valence-electron chi connectivity index (χ4n) is 2.99. The molecule has 0 aromatic carbocycles. The third-order valence-electron chi connectivity index (χ3n) is 3.90. The van der Waals surface area contributed by atoms with Gasteiger partial charge in [0.2, 0.25) is 5.91 Å². The van der Waals surface area contributed by atoms with Gasteiger partial charge in [-0.1, -0.05) is 34.6 Å². The highest BCUT2D eigenvalue weighted by molar-refractivity contribution is 5.81. The molecule has 4 heteroatoms. The lowest BCUT2D eigenvalue weighted by atomic mass is 9.78. The van der Waals surface area contributed by atoms with E-state index < -0.39 is 6.04 Å². The Morgan fingerprint density at radius 2 is 2.05 bits per heavy atom. The van der Waals surface area contributed by atoms with Crippen molar-refractivity contribution in [3.05, 3.63) is 0 Å². The van der Waals surface area contributed by atoms with Crippen molar-refractivity contribution in [3.63, 3.8) is 0 Å². The summed E-state index contributed by atoms with van der Waals surface area (Å²) in [6.45, 7) is 12.3. The van der Waals surface area contributed by atoms with Crippen molar-refractivity contribution in [2.75, 3.05) is 13.2 Å². The minimum atomic E-state index is -0.396. The van der Waals surface area contributed by atoms with E-state index in [9.17, 15) is 4.79 Å². The summed E-state index contributed by atoms with van der Waals surface area (Å²) in [6, 6.07) is -0.396. The maximum absolute atomic E-state index is 12.0. The number of carbonyl (C=O) groups is 1. The van der Waals surface area contributed by atoms with Gasteiger partial charge in [0.1, 0.15) is 0 Å². The molecule has 1 aliphatic rings. The Bertz CT molecular complexity index is 310. The molecule has 20 heavy (non-hydrogen) atoms. The molecule has 2 unspecified atom stereocenters. The fraction of sp³-hybridized carbons (Fsp3) is 0.938. The molecule has 1 amide bonds. The molecule has 1 rings (SSSR count). The van der Waals surface area contributed by atoms with Gasteiger partial charge in [0.05, 0.1) is 12.1 Å². The molecule has 1 aliphatic heterocycles. The molecule has 0 aromatic rings. The van der Waals surface area contributed by atoms with Crippen molar-refractivity contribution in [3.8, 4) is 0 Å². The van der Waals surface area contributed by atoms with E-state index in [1.54, 1.807) is 0 Å². The first-order chi connectivity index (χ1) is 9.21. The minimum absolute atomic E-state index is 0.0306. The molecule has 0 aliphatic carbocycles. The van der Waals surface area contributed by atoms with Crippen molar-refractivity contribution in [2.24, 2.45) is 23.0 Å².